The van der Waals surface area contributed by atoms with Gasteiger partial charge < -0.3 is 19.7 Å². The molecule has 6 nitrogen and oxygen atoms in total. The van der Waals surface area contributed by atoms with E-state index in [9.17, 15) is 9.59 Å². The van der Waals surface area contributed by atoms with Gasteiger partial charge in [-0.25, -0.2) is 4.79 Å². The predicted octanol–water partition coefficient (Wildman–Crippen LogP) is 3.48. The molecule has 0 aromatic carbocycles. The molecule has 1 amide bonds. The van der Waals surface area contributed by atoms with E-state index in [0.29, 0.717) is 38.7 Å². The van der Waals surface area contributed by atoms with Crippen LogP contribution in [-0.2, 0) is 14.3 Å². The molecule has 0 aliphatic carbocycles. The fraction of sp³-hybridized carbons (Fsp3) is 0.900. The summed E-state index contributed by atoms with van der Waals surface area (Å²) in [4.78, 5) is 26.7. The van der Waals surface area contributed by atoms with Crippen LogP contribution in [0.25, 0.3) is 0 Å². The lowest BCUT2D eigenvalue weighted by molar-refractivity contribution is -0.122. The fourth-order valence-corrected chi connectivity index (χ4v) is 3.10. The van der Waals surface area contributed by atoms with Crippen molar-refractivity contribution in [3.63, 3.8) is 0 Å². The van der Waals surface area contributed by atoms with Crippen LogP contribution in [0, 0.1) is 0 Å². The lowest BCUT2D eigenvalue weighted by atomic mass is 9.44. The standard InChI is InChI=1S/C20H39BN2O4/c1-8-22-17(18(24)12-15(2)21(6)7)14-26-13-16-10-9-11-23(16)19(25)27-20(3,4)5/h15-17,22H,8-14H2,1-7H3/t15?,16-,17+/m1/s1. The van der Waals surface area contributed by atoms with Gasteiger partial charge in [-0.05, 0) is 40.2 Å². The number of nitrogens with zero attached hydrogens (tertiary/aromatic N) is 1. The first-order valence-electron chi connectivity index (χ1n) is 10.4. The van der Waals surface area contributed by atoms with Crippen LogP contribution in [0.2, 0.25) is 19.5 Å². The monoisotopic (exact) mass is 382 g/mol. The van der Waals surface area contributed by atoms with Crippen molar-refractivity contribution in [2.75, 3.05) is 26.3 Å². The van der Waals surface area contributed by atoms with E-state index < -0.39 is 5.60 Å². The molecule has 27 heavy (non-hydrogen) atoms. The highest BCUT2D eigenvalue weighted by molar-refractivity contribution is 6.57. The third-order valence-corrected chi connectivity index (χ3v) is 5.10. The Bertz CT molecular complexity index is 479. The molecule has 0 saturated carbocycles. The number of Topliss-reactive ketones (excluding diaryl/α,β-unsaturated/α-hetero) is 1. The van der Waals surface area contributed by atoms with Crippen LogP contribution >= 0.6 is 0 Å². The maximum absolute atomic E-state index is 12.6. The highest BCUT2D eigenvalue weighted by Crippen LogP contribution is 2.21. The van der Waals surface area contributed by atoms with E-state index >= 15 is 0 Å². The number of carbonyl (C=O) groups excluding carboxylic acids is 2. The fourth-order valence-electron chi connectivity index (χ4n) is 3.10. The average Bonchev–Trinajstić information content (AvgIpc) is 3.00. The Morgan fingerprint density at radius 1 is 1.30 bits per heavy atom. The van der Waals surface area contributed by atoms with E-state index in [2.05, 4.69) is 25.9 Å². The molecule has 1 aliphatic rings. The minimum atomic E-state index is -0.499. The van der Waals surface area contributed by atoms with Crippen molar-refractivity contribution < 1.29 is 19.1 Å². The highest BCUT2D eigenvalue weighted by atomic mass is 16.6. The first kappa shape index (κ1) is 24.0. The maximum atomic E-state index is 12.6. The number of likely N-dealkylation sites (N-methyl/N-ethyl adjacent to an activating group) is 1. The van der Waals surface area contributed by atoms with Gasteiger partial charge in [-0.3, -0.25) is 4.79 Å². The van der Waals surface area contributed by atoms with Crippen LogP contribution in [-0.4, -0.2) is 67.5 Å². The summed E-state index contributed by atoms with van der Waals surface area (Å²) in [7, 11) is 0. The molecule has 0 radical (unpaired) electrons. The van der Waals surface area contributed by atoms with Gasteiger partial charge in [0.15, 0.2) is 5.78 Å². The van der Waals surface area contributed by atoms with Crippen molar-refractivity contribution in [2.24, 2.45) is 0 Å². The molecule has 0 bridgehead atoms. The minimum absolute atomic E-state index is 0.0202. The van der Waals surface area contributed by atoms with Gasteiger partial charge in [-0.1, -0.05) is 33.3 Å². The van der Waals surface area contributed by atoms with E-state index in [-0.39, 0.29) is 24.0 Å². The zero-order valence-electron chi connectivity index (χ0n) is 18.3. The normalized spacial score (nSPS) is 19.7. The van der Waals surface area contributed by atoms with Crippen LogP contribution in [0.4, 0.5) is 4.79 Å². The van der Waals surface area contributed by atoms with Crippen molar-refractivity contribution in [1.29, 1.82) is 0 Å². The van der Waals surface area contributed by atoms with Crippen molar-refractivity contribution in [2.45, 2.75) is 91.0 Å². The second-order valence-electron chi connectivity index (χ2n) is 9.01. The van der Waals surface area contributed by atoms with Gasteiger partial charge >= 0.3 is 6.09 Å². The molecular formula is C20H39BN2O4. The zero-order valence-corrected chi connectivity index (χ0v) is 18.3. The summed E-state index contributed by atoms with van der Waals surface area (Å²) >= 11 is 0. The summed E-state index contributed by atoms with van der Waals surface area (Å²) in [6.07, 6.45) is 2.14. The van der Waals surface area contributed by atoms with Crippen molar-refractivity contribution >= 4 is 18.6 Å². The molecule has 1 N–H and O–H groups in total. The molecular weight excluding hydrogens is 343 g/mol. The predicted molar refractivity (Wildman–Crippen MR) is 111 cm³/mol. The number of nitrogens with one attached hydrogen (secondary N) is 1. The van der Waals surface area contributed by atoms with Gasteiger partial charge in [-0.15, -0.1) is 0 Å². The Kier molecular flexibility index (Phi) is 9.81. The summed E-state index contributed by atoms with van der Waals surface area (Å²) in [5.41, 5.74) is -0.499. The Morgan fingerprint density at radius 3 is 2.52 bits per heavy atom. The Balaban J connectivity index is 2.51. The van der Waals surface area contributed by atoms with Gasteiger partial charge in [0.2, 0.25) is 0 Å². The van der Waals surface area contributed by atoms with Gasteiger partial charge in [0.25, 0.3) is 0 Å². The molecule has 0 aromatic heterocycles. The van der Waals surface area contributed by atoms with Crippen molar-refractivity contribution in [3.8, 4) is 0 Å². The third kappa shape index (κ3) is 8.65. The Hall–Kier alpha value is -1.08. The van der Waals surface area contributed by atoms with Crippen LogP contribution in [0.1, 0.15) is 53.9 Å². The summed E-state index contributed by atoms with van der Waals surface area (Å²) in [5.74, 6) is 0.560. The molecule has 7 heteroatoms. The molecule has 1 saturated heterocycles. The molecule has 1 unspecified atom stereocenters. The molecule has 0 aromatic rings. The topological polar surface area (TPSA) is 67.9 Å². The molecule has 1 heterocycles. The largest absolute Gasteiger partial charge is 0.444 e. The second kappa shape index (κ2) is 11.1. The summed E-state index contributed by atoms with van der Waals surface area (Å²) in [6, 6.07) is -0.264. The van der Waals surface area contributed by atoms with Crippen LogP contribution in [0.3, 0.4) is 0 Å². The van der Waals surface area contributed by atoms with Gasteiger partial charge in [-0.2, -0.15) is 0 Å². The van der Waals surface area contributed by atoms with Gasteiger partial charge in [0, 0.05) is 13.0 Å². The second-order valence-corrected chi connectivity index (χ2v) is 9.01. The number of rotatable bonds is 10. The quantitative estimate of drug-likeness (QED) is 0.586. The lowest BCUT2D eigenvalue weighted by Crippen LogP contribution is -2.44. The summed E-state index contributed by atoms with van der Waals surface area (Å²) in [5, 5.41) is 3.24. The Morgan fingerprint density at radius 2 is 1.96 bits per heavy atom. The smallest absolute Gasteiger partial charge is 0.410 e. The molecule has 1 fully saturated rings. The first-order chi connectivity index (χ1) is 12.5. The van der Waals surface area contributed by atoms with E-state index in [1.165, 1.54) is 0 Å². The van der Waals surface area contributed by atoms with Gasteiger partial charge in [0.05, 0.1) is 25.3 Å². The van der Waals surface area contributed by atoms with E-state index in [1.807, 2.05) is 27.7 Å². The van der Waals surface area contributed by atoms with E-state index in [1.54, 1.807) is 4.90 Å². The van der Waals surface area contributed by atoms with Crippen LogP contribution in [0.5, 0.6) is 0 Å². The number of amides is 1. The number of ketones is 1. The average molecular weight is 382 g/mol. The summed E-state index contributed by atoms with van der Waals surface area (Å²) < 4.78 is 11.4. The Labute approximate surface area is 165 Å². The van der Waals surface area contributed by atoms with E-state index in [4.69, 9.17) is 9.47 Å². The SMILES string of the molecule is CCN[C@@H](COC[C@H]1CCCN1C(=O)OC(C)(C)C)C(=O)CC(C)B(C)C. The number of likely N-dealkylation sites (tertiary alicyclic amines) is 1. The molecule has 1 aliphatic heterocycles. The lowest BCUT2D eigenvalue weighted by Gasteiger charge is -2.29. The number of carbonyl (C=O) groups is 2. The van der Waals surface area contributed by atoms with Crippen molar-refractivity contribution in [3.05, 3.63) is 0 Å². The van der Waals surface area contributed by atoms with Crippen LogP contribution in [0.15, 0.2) is 0 Å². The molecule has 156 valence electrons. The molecule has 1 rings (SSSR count). The number of hydrogen-bond acceptors (Lipinski definition) is 5. The number of hydrogen-bond donors (Lipinski definition) is 1. The third-order valence-electron chi connectivity index (χ3n) is 5.10. The highest BCUT2D eigenvalue weighted by Gasteiger charge is 2.32. The maximum Gasteiger partial charge on any atom is 0.410 e. The van der Waals surface area contributed by atoms with Crippen molar-refractivity contribution in [1.82, 2.24) is 10.2 Å². The van der Waals surface area contributed by atoms with Crippen LogP contribution < -0.4 is 5.32 Å². The van der Waals surface area contributed by atoms with E-state index in [0.717, 1.165) is 19.4 Å². The zero-order chi connectivity index (χ0) is 20.6. The summed E-state index contributed by atoms with van der Waals surface area (Å²) in [6.45, 7) is 16.7. The first-order valence-corrected chi connectivity index (χ1v) is 10.4. The molecule has 3 atom stereocenters. The minimum Gasteiger partial charge on any atom is -0.444 e. The van der Waals surface area contributed by atoms with Gasteiger partial charge in [0.1, 0.15) is 12.3 Å². The molecule has 0 spiro atoms. The number of ether oxygens (including phenoxy) is 2.